The van der Waals surface area contributed by atoms with Crippen LogP contribution >= 0.6 is 8.69 Å². The molecule has 0 amide bonds. The van der Waals surface area contributed by atoms with Crippen molar-refractivity contribution in [2.45, 2.75) is 32.7 Å². The zero-order valence-electron chi connectivity index (χ0n) is 9.52. The normalized spacial score (nSPS) is 10.6. The lowest BCUT2D eigenvalue weighted by Crippen LogP contribution is -2.38. The minimum Gasteiger partial charge on any atom is -0.395 e. The minimum absolute atomic E-state index is 0.177. The van der Waals surface area contributed by atoms with Gasteiger partial charge in [-0.05, 0) is 17.4 Å². The van der Waals surface area contributed by atoms with Crippen molar-refractivity contribution >= 4 is 8.69 Å². The molecule has 15 heavy (non-hydrogen) atoms. The van der Waals surface area contributed by atoms with Crippen molar-refractivity contribution in [1.82, 2.24) is 4.90 Å². The lowest BCUT2D eigenvalue weighted by molar-refractivity contribution is 0.117. The second-order valence-corrected chi connectivity index (χ2v) is 3.23. The third-order valence-electron chi connectivity index (χ3n) is 2.23. The van der Waals surface area contributed by atoms with Gasteiger partial charge >= 0.3 is 8.69 Å². The molecule has 0 aliphatic heterocycles. The van der Waals surface area contributed by atoms with Gasteiger partial charge in [-0.2, -0.15) is 4.89 Å². The first kappa shape index (κ1) is 17.3. The molecule has 0 aromatic heterocycles. The molecule has 0 aliphatic rings. The first-order valence-electron chi connectivity index (χ1n) is 5.18. The lowest BCUT2D eigenvalue weighted by Gasteiger charge is -2.28. The summed E-state index contributed by atoms with van der Waals surface area (Å²) in [6.45, 7) is 5.97. The molecule has 0 aliphatic carbocycles. The van der Waals surface area contributed by atoms with Crippen LogP contribution in [0.2, 0.25) is 0 Å². The van der Waals surface area contributed by atoms with E-state index in [2.05, 4.69) is 18.7 Å². The van der Waals surface area contributed by atoms with Crippen molar-refractivity contribution in [3.63, 3.8) is 0 Å². The highest BCUT2D eigenvalue weighted by atomic mass is 31.1. The van der Waals surface area contributed by atoms with Crippen LogP contribution in [0.25, 0.3) is 0 Å². The summed E-state index contributed by atoms with van der Waals surface area (Å²) in [7, 11) is -1.17. The van der Waals surface area contributed by atoms with E-state index in [1.807, 2.05) is 0 Å². The highest BCUT2D eigenvalue weighted by molar-refractivity contribution is 7.16. The zero-order chi connectivity index (χ0) is 12.1. The maximum Gasteiger partial charge on any atom is 0.491 e. The molecule has 1 unspecified atom stereocenters. The van der Waals surface area contributed by atoms with E-state index in [0.29, 0.717) is 19.1 Å². The third kappa shape index (κ3) is 10.2. The standard InChI is InChI=1S/C9H21NO2.HO2P/c1-3-9(4-2)10(5-7-11)6-8-12;1-3-2/h9,11-12H,3-8H2,1-2H3;3H/p+1. The van der Waals surface area contributed by atoms with Crippen molar-refractivity contribution in [2.24, 2.45) is 0 Å². The molecule has 0 aromatic rings. The first-order chi connectivity index (χ1) is 7.21. The van der Waals surface area contributed by atoms with E-state index < -0.39 is 8.69 Å². The summed E-state index contributed by atoms with van der Waals surface area (Å²) >= 11 is 0. The van der Waals surface area contributed by atoms with E-state index in [0.717, 1.165) is 12.8 Å². The first-order valence-corrected chi connectivity index (χ1v) is 6.04. The van der Waals surface area contributed by atoms with E-state index in [4.69, 9.17) is 19.7 Å². The van der Waals surface area contributed by atoms with Crippen LogP contribution in [-0.4, -0.2) is 52.4 Å². The average Bonchev–Trinajstić information content (AvgIpc) is 2.21. The minimum atomic E-state index is -1.17. The Morgan fingerprint density at radius 3 is 1.67 bits per heavy atom. The molecule has 0 saturated heterocycles. The second-order valence-electron chi connectivity index (χ2n) is 3.04. The van der Waals surface area contributed by atoms with Crippen LogP contribution in [0.4, 0.5) is 0 Å². The van der Waals surface area contributed by atoms with Gasteiger partial charge in [-0.3, -0.25) is 4.90 Å². The molecule has 0 fully saturated rings. The van der Waals surface area contributed by atoms with E-state index in [1.165, 1.54) is 0 Å². The van der Waals surface area contributed by atoms with Gasteiger partial charge in [-0.25, -0.2) is 0 Å². The molecule has 0 bridgehead atoms. The van der Waals surface area contributed by atoms with Crippen molar-refractivity contribution in [2.75, 3.05) is 26.3 Å². The Labute approximate surface area is 93.0 Å². The molecule has 92 valence electrons. The summed E-state index contributed by atoms with van der Waals surface area (Å²) in [5, 5.41) is 17.6. The molecule has 0 radical (unpaired) electrons. The molecule has 0 rings (SSSR count). The van der Waals surface area contributed by atoms with Gasteiger partial charge in [0, 0.05) is 19.1 Å². The third-order valence-corrected chi connectivity index (χ3v) is 2.23. The van der Waals surface area contributed by atoms with Crippen LogP contribution in [0, 0.1) is 0 Å². The monoisotopic (exact) mass is 240 g/mol. The smallest absolute Gasteiger partial charge is 0.395 e. The predicted molar refractivity (Wildman–Crippen MR) is 61.3 cm³/mol. The zero-order valence-corrected chi connectivity index (χ0v) is 10.5. The number of aliphatic hydroxyl groups is 2. The summed E-state index contributed by atoms with van der Waals surface area (Å²) in [6, 6.07) is 0.504. The predicted octanol–water partition coefficient (Wildman–Crippen LogP) is 0.379. The highest BCUT2D eigenvalue weighted by Crippen LogP contribution is 2.06. The van der Waals surface area contributed by atoms with Gasteiger partial charge in [0.25, 0.3) is 0 Å². The molecular weight excluding hydrogens is 217 g/mol. The molecule has 0 saturated carbocycles. The van der Waals surface area contributed by atoms with Gasteiger partial charge in [-0.15, -0.1) is 0 Å². The molecule has 6 heteroatoms. The van der Waals surface area contributed by atoms with Crippen molar-refractivity contribution in [3.05, 3.63) is 0 Å². The molecule has 0 aromatic carbocycles. The molecule has 3 N–H and O–H groups in total. The van der Waals surface area contributed by atoms with E-state index in [-0.39, 0.29) is 13.2 Å². The second kappa shape index (κ2) is 13.9. The SMILES string of the molecule is CCC(CC)N(CCO)CCO.O=[PH+]O. The Bertz CT molecular complexity index is 127. The van der Waals surface area contributed by atoms with Crippen molar-refractivity contribution in [1.29, 1.82) is 0 Å². The Hall–Kier alpha value is -0.0600. The van der Waals surface area contributed by atoms with Crippen LogP contribution in [0.1, 0.15) is 26.7 Å². The number of hydrogen-bond donors (Lipinski definition) is 3. The van der Waals surface area contributed by atoms with E-state index in [9.17, 15) is 0 Å². The fourth-order valence-electron chi connectivity index (χ4n) is 1.54. The number of hydrogen-bond acceptors (Lipinski definition) is 4. The molecular formula is C9H23NO4P+. The fourth-order valence-corrected chi connectivity index (χ4v) is 1.54. The fraction of sp³-hybridized carbons (Fsp3) is 1.00. The van der Waals surface area contributed by atoms with Crippen molar-refractivity contribution < 1.29 is 19.7 Å². The van der Waals surface area contributed by atoms with Gasteiger partial charge in [0.15, 0.2) is 0 Å². The van der Waals surface area contributed by atoms with Gasteiger partial charge in [0.2, 0.25) is 0 Å². The van der Waals surface area contributed by atoms with Crippen LogP contribution in [0.15, 0.2) is 0 Å². The molecule has 1 atom stereocenters. The maximum atomic E-state index is 8.78. The Morgan fingerprint density at radius 2 is 1.47 bits per heavy atom. The summed E-state index contributed by atoms with van der Waals surface area (Å²) < 4.78 is 8.51. The van der Waals surface area contributed by atoms with Crippen LogP contribution < -0.4 is 0 Å². The Balaban J connectivity index is 0. The molecule has 0 heterocycles. The number of aliphatic hydroxyl groups excluding tert-OH is 2. The van der Waals surface area contributed by atoms with Gasteiger partial charge in [-0.1, -0.05) is 13.8 Å². The van der Waals surface area contributed by atoms with E-state index >= 15 is 0 Å². The number of rotatable bonds is 7. The summed E-state index contributed by atoms with van der Waals surface area (Å²) in [4.78, 5) is 9.18. The lowest BCUT2D eigenvalue weighted by atomic mass is 10.1. The maximum absolute atomic E-state index is 8.78. The van der Waals surface area contributed by atoms with Gasteiger partial charge < -0.3 is 10.2 Å². The average molecular weight is 240 g/mol. The number of nitrogens with zero attached hydrogens (tertiary/aromatic N) is 1. The van der Waals surface area contributed by atoms with Gasteiger partial charge in [0.05, 0.1) is 13.2 Å². The summed E-state index contributed by atoms with van der Waals surface area (Å²) in [6.07, 6.45) is 2.16. The van der Waals surface area contributed by atoms with Crippen LogP contribution in [-0.2, 0) is 4.57 Å². The Kier molecular flexibility index (Phi) is 16.1. The largest absolute Gasteiger partial charge is 0.491 e. The van der Waals surface area contributed by atoms with Crippen LogP contribution in [0.5, 0.6) is 0 Å². The molecule has 0 spiro atoms. The quantitative estimate of drug-likeness (QED) is 0.560. The summed E-state index contributed by atoms with van der Waals surface area (Å²) in [5.41, 5.74) is 0. The van der Waals surface area contributed by atoms with Crippen molar-refractivity contribution in [3.8, 4) is 0 Å². The topological polar surface area (TPSA) is 81.0 Å². The molecule has 5 nitrogen and oxygen atoms in total. The van der Waals surface area contributed by atoms with E-state index in [1.54, 1.807) is 0 Å². The van der Waals surface area contributed by atoms with Gasteiger partial charge in [0.1, 0.15) is 0 Å². The summed E-state index contributed by atoms with van der Waals surface area (Å²) in [5.74, 6) is 0. The highest BCUT2D eigenvalue weighted by Gasteiger charge is 2.12. The Morgan fingerprint density at radius 1 is 1.13 bits per heavy atom. The van der Waals surface area contributed by atoms with Crippen LogP contribution in [0.3, 0.4) is 0 Å².